The summed E-state index contributed by atoms with van der Waals surface area (Å²) in [6, 6.07) is 2.49. The van der Waals surface area contributed by atoms with Crippen molar-refractivity contribution >= 4 is 33.2 Å². The normalized spacial score (nSPS) is 12.7. The maximum absolute atomic E-state index is 14.3. The number of nitro benzene ring substituents is 1. The van der Waals surface area contributed by atoms with Crippen LogP contribution in [-0.2, 0) is 11.8 Å². The molecule has 2 aromatic rings. The smallest absolute Gasteiger partial charge is 0.320 e. The Kier molecular flexibility index (Phi) is 7.14. The summed E-state index contributed by atoms with van der Waals surface area (Å²) >= 11 is 2.31. The summed E-state index contributed by atoms with van der Waals surface area (Å²) in [4.78, 5) is 22.3. The molecule has 0 saturated heterocycles. The molecule has 17 heteroatoms. The molecule has 0 aliphatic rings. The van der Waals surface area contributed by atoms with Gasteiger partial charge in [0.2, 0.25) is 0 Å². The van der Waals surface area contributed by atoms with Crippen molar-refractivity contribution in [1.82, 2.24) is 0 Å². The zero-order valence-corrected chi connectivity index (χ0v) is 17.7. The number of nitrogens with zero attached hydrogens (tertiary/aromatic N) is 2. The molecule has 0 bridgehead atoms. The average molecular weight is 582 g/mol. The summed E-state index contributed by atoms with van der Waals surface area (Å²) < 4.78 is 132. The molecule has 188 valence electrons. The van der Waals surface area contributed by atoms with Crippen molar-refractivity contribution in [3.05, 3.63) is 67.2 Å². The fourth-order valence-electron chi connectivity index (χ4n) is 2.75. The molecule has 35 heavy (non-hydrogen) atoms. The van der Waals surface area contributed by atoms with Crippen LogP contribution in [-0.4, -0.2) is 23.2 Å². The molecule has 0 aromatic heterocycles. The highest BCUT2D eigenvalue weighted by atomic mass is 79.9. The predicted molar refractivity (Wildman–Crippen MR) is 99.8 cm³/mol. The van der Waals surface area contributed by atoms with Gasteiger partial charge < -0.3 is 5.32 Å². The van der Waals surface area contributed by atoms with Gasteiger partial charge in [-0.25, -0.2) is 4.39 Å². The molecular formula is C18H6BrF10N3O3. The van der Waals surface area contributed by atoms with Gasteiger partial charge in [-0.15, -0.1) is 0 Å². The SMILES string of the molecule is N#Cc1ccc(C(=O)Nc2c(Br)cc(C(F)(C(F)(F)F)C(F)(F)F)cc2C(F)(F)F)cc1[N+](=O)[O-]. The maximum Gasteiger partial charge on any atom is 0.435 e. The predicted octanol–water partition coefficient (Wildman–Crippen LogP) is 6.79. The standard InChI is InChI=1S/C18H6BrF10N3O3/c19-11-5-9(15(20,17(24,25)26)18(27,28)29)4-10(16(21,22)23)13(11)31-14(33)7-1-2-8(6-30)12(3-7)32(34)35/h1-5H,(H,31,33). The molecule has 0 spiro atoms. The van der Waals surface area contributed by atoms with Gasteiger partial charge in [-0.05, 0) is 40.2 Å². The van der Waals surface area contributed by atoms with Crippen LogP contribution in [0.1, 0.15) is 27.0 Å². The molecule has 0 saturated carbocycles. The Morgan fingerprint density at radius 3 is 1.94 bits per heavy atom. The van der Waals surface area contributed by atoms with Crippen molar-refractivity contribution in [2.24, 2.45) is 0 Å². The van der Waals surface area contributed by atoms with Gasteiger partial charge in [-0.1, -0.05) is 0 Å². The molecule has 0 fully saturated rings. The summed E-state index contributed by atoms with van der Waals surface area (Å²) in [6.07, 6.45) is -19.1. The molecule has 0 aliphatic carbocycles. The van der Waals surface area contributed by atoms with Crippen molar-refractivity contribution in [2.75, 3.05) is 5.32 Å². The number of nitriles is 1. The number of halogens is 11. The summed E-state index contributed by atoms with van der Waals surface area (Å²) in [5.41, 5.74) is -14.5. The van der Waals surface area contributed by atoms with E-state index in [-0.39, 0.29) is 6.07 Å². The van der Waals surface area contributed by atoms with Crippen LogP contribution >= 0.6 is 15.9 Å². The van der Waals surface area contributed by atoms with Crippen LogP contribution < -0.4 is 5.32 Å². The fourth-order valence-corrected chi connectivity index (χ4v) is 3.31. The molecule has 1 amide bonds. The number of nitro groups is 1. The molecule has 1 N–H and O–H groups in total. The van der Waals surface area contributed by atoms with Gasteiger partial charge in [-0.2, -0.15) is 44.8 Å². The molecule has 6 nitrogen and oxygen atoms in total. The van der Waals surface area contributed by atoms with Gasteiger partial charge in [0.25, 0.3) is 11.6 Å². The third-order valence-corrected chi connectivity index (χ3v) is 5.02. The quantitative estimate of drug-likeness (QED) is 0.244. The van der Waals surface area contributed by atoms with E-state index in [9.17, 15) is 58.8 Å². The van der Waals surface area contributed by atoms with Gasteiger partial charge >= 0.3 is 24.2 Å². The fraction of sp³-hybridized carbons (Fsp3) is 0.222. The number of carbonyl (C=O) groups excluding carboxylic acids is 1. The zero-order valence-electron chi connectivity index (χ0n) is 16.2. The highest BCUT2D eigenvalue weighted by Crippen LogP contribution is 2.55. The third-order valence-electron chi connectivity index (χ3n) is 4.39. The van der Waals surface area contributed by atoms with Crippen LogP contribution in [0.4, 0.5) is 55.3 Å². The molecule has 0 atom stereocenters. The first-order chi connectivity index (χ1) is 15.8. The Hall–Kier alpha value is -3.42. The van der Waals surface area contributed by atoms with E-state index in [1.54, 1.807) is 5.32 Å². The number of carbonyl (C=O) groups is 1. The van der Waals surface area contributed by atoms with Crippen molar-refractivity contribution in [3.63, 3.8) is 0 Å². The first-order valence-electron chi connectivity index (χ1n) is 8.49. The lowest BCUT2D eigenvalue weighted by Crippen LogP contribution is -2.50. The number of nitrogens with one attached hydrogen (secondary N) is 1. The lowest BCUT2D eigenvalue weighted by Gasteiger charge is -2.31. The minimum Gasteiger partial charge on any atom is -0.320 e. The van der Waals surface area contributed by atoms with Gasteiger partial charge in [0.15, 0.2) is 0 Å². The number of rotatable bonds is 4. The van der Waals surface area contributed by atoms with E-state index in [0.29, 0.717) is 6.07 Å². The third kappa shape index (κ3) is 5.16. The van der Waals surface area contributed by atoms with Crippen LogP contribution in [0.15, 0.2) is 34.8 Å². The van der Waals surface area contributed by atoms with Gasteiger partial charge in [0, 0.05) is 21.7 Å². The Labute approximate surface area is 195 Å². The van der Waals surface area contributed by atoms with E-state index in [1.165, 1.54) is 6.07 Å². The highest BCUT2D eigenvalue weighted by molar-refractivity contribution is 9.10. The topological polar surface area (TPSA) is 96.0 Å². The molecular weight excluding hydrogens is 576 g/mol. The average Bonchev–Trinajstić information content (AvgIpc) is 2.71. The lowest BCUT2D eigenvalue weighted by atomic mass is 9.92. The molecule has 2 rings (SSSR count). The first kappa shape index (κ1) is 27.8. The Morgan fingerprint density at radius 1 is 0.971 bits per heavy atom. The monoisotopic (exact) mass is 581 g/mol. The largest absolute Gasteiger partial charge is 0.435 e. The number of hydrogen-bond donors (Lipinski definition) is 1. The van der Waals surface area contributed by atoms with Crippen LogP contribution in [0.5, 0.6) is 0 Å². The zero-order chi connectivity index (χ0) is 27.1. The number of benzene rings is 2. The second-order valence-electron chi connectivity index (χ2n) is 6.59. The number of amides is 1. The van der Waals surface area contributed by atoms with Crippen molar-refractivity contribution in [2.45, 2.75) is 24.2 Å². The lowest BCUT2D eigenvalue weighted by molar-refractivity contribution is -0.385. The second-order valence-corrected chi connectivity index (χ2v) is 7.44. The Bertz CT molecular complexity index is 1220. The Morgan fingerprint density at radius 2 is 1.51 bits per heavy atom. The summed E-state index contributed by atoms with van der Waals surface area (Å²) in [5.74, 6) is -1.52. The molecule has 0 unspecified atom stereocenters. The molecule has 0 radical (unpaired) electrons. The minimum absolute atomic E-state index is 0.243. The number of alkyl halides is 10. The van der Waals surface area contributed by atoms with Gasteiger partial charge in [-0.3, -0.25) is 14.9 Å². The highest BCUT2D eigenvalue weighted by Gasteiger charge is 2.73. The van der Waals surface area contributed by atoms with Gasteiger partial charge in [0.05, 0.1) is 16.2 Å². The van der Waals surface area contributed by atoms with E-state index in [2.05, 4.69) is 15.9 Å². The number of anilines is 1. The first-order valence-corrected chi connectivity index (χ1v) is 9.28. The van der Waals surface area contributed by atoms with E-state index in [4.69, 9.17) is 5.26 Å². The summed E-state index contributed by atoms with van der Waals surface area (Å²) in [6.45, 7) is 0. The van der Waals surface area contributed by atoms with Crippen LogP contribution in [0.2, 0.25) is 0 Å². The van der Waals surface area contributed by atoms with Crippen LogP contribution in [0, 0.1) is 21.4 Å². The van der Waals surface area contributed by atoms with Crippen molar-refractivity contribution < 1.29 is 53.6 Å². The van der Waals surface area contributed by atoms with E-state index in [1.807, 2.05) is 0 Å². The van der Waals surface area contributed by atoms with Crippen molar-refractivity contribution in [1.29, 1.82) is 5.26 Å². The molecule has 0 aliphatic heterocycles. The van der Waals surface area contributed by atoms with E-state index >= 15 is 0 Å². The maximum atomic E-state index is 14.3. The van der Waals surface area contributed by atoms with Crippen LogP contribution in [0.25, 0.3) is 0 Å². The minimum atomic E-state index is -6.71. The summed E-state index contributed by atoms with van der Waals surface area (Å²) in [7, 11) is 0. The van der Waals surface area contributed by atoms with E-state index in [0.717, 1.165) is 12.1 Å². The second kappa shape index (κ2) is 8.98. The van der Waals surface area contributed by atoms with Gasteiger partial charge in [0.1, 0.15) is 11.6 Å². The van der Waals surface area contributed by atoms with Crippen molar-refractivity contribution in [3.8, 4) is 6.07 Å². The molecule has 2 aromatic carbocycles. The Balaban J connectivity index is 2.70. The number of hydrogen-bond acceptors (Lipinski definition) is 4. The van der Waals surface area contributed by atoms with E-state index < -0.39 is 79.2 Å². The van der Waals surface area contributed by atoms with Crippen LogP contribution in [0.3, 0.4) is 0 Å². The summed E-state index contributed by atoms with van der Waals surface area (Å²) in [5, 5.41) is 21.4. The molecule has 0 heterocycles.